The zero-order valence-corrected chi connectivity index (χ0v) is 16.0. The first-order valence-electron chi connectivity index (χ1n) is 8.83. The van der Waals surface area contributed by atoms with Crippen LogP contribution in [0.3, 0.4) is 0 Å². The molecular formula is C21H20ClN5. The van der Waals surface area contributed by atoms with Crippen molar-refractivity contribution >= 4 is 11.6 Å². The summed E-state index contributed by atoms with van der Waals surface area (Å²) in [6, 6.07) is 14.0. The molecule has 1 heterocycles. The number of nitriles is 3. The third-order valence-corrected chi connectivity index (χ3v) is 5.99. The first-order valence-corrected chi connectivity index (χ1v) is 9.20. The van der Waals surface area contributed by atoms with Crippen LogP contribution < -0.4 is 5.73 Å². The van der Waals surface area contributed by atoms with Gasteiger partial charge < -0.3 is 5.73 Å². The molecule has 1 aromatic rings. The number of nitrogens with two attached hydrogens (primary N) is 1. The van der Waals surface area contributed by atoms with Crippen LogP contribution in [0.1, 0.15) is 25.3 Å². The van der Waals surface area contributed by atoms with Crippen molar-refractivity contribution in [3.8, 4) is 18.2 Å². The van der Waals surface area contributed by atoms with Crippen LogP contribution in [0, 0.1) is 45.3 Å². The predicted molar refractivity (Wildman–Crippen MR) is 103 cm³/mol. The molecule has 0 fully saturated rings. The van der Waals surface area contributed by atoms with Crippen molar-refractivity contribution in [2.24, 2.45) is 17.1 Å². The molecule has 1 aliphatic heterocycles. The van der Waals surface area contributed by atoms with Gasteiger partial charge in [0.2, 0.25) is 5.41 Å². The Kier molecular flexibility index (Phi) is 4.99. The molecule has 0 saturated heterocycles. The molecular weight excluding hydrogens is 358 g/mol. The van der Waals surface area contributed by atoms with Crippen LogP contribution in [0.2, 0.25) is 5.02 Å². The molecule has 27 heavy (non-hydrogen) atoms. The number of halogens is 1. The zero-order chi connectivity index (χ0) is 19.8. The minimum atomic E-state index is -1.60. The Morgan fingerprint density at radius 2 is 1.89 bits per heavy atom. The number of fused-ring (bicyclic) bond motifs is 1. The average molecular weight is 378 g/mol. The molecule has 5 nitrogen and oxygen atoms in total. The van der Waals surface area contributed by atoms with Gasteiger partial charge in [-0.1, -0.05) is 35.9 Å². The van der Waals surface area contributed by atoms with E-state index in [-0.39, 0.29) is 23.1 Å². The molecule has 0 saturated carbocycles. The second kappa shape index (κ2) is 7.09. The SMILES string of the molecule is CC(C)N1CC=C2[C@H](C1)[C@@H](c1ccccc1Cl)C(C#N)=C(N)C2(C#N)C#N. The molecule has 0 aromatic heterocycles. The van der Waals surface area contributed by atoms with Crippen LogP contribution in [-0.4, -0.2) is 24.0 Å². The molecule has 2 N–H and O–H groups in total. The quantitative estimate of drug-likeness (QED) is 0.795. The van der Waals surface area contributed by atoms with Crippen LogP contribution in [0.4, 0.5) is 0 Å². The van der Waals surface area contributed by atoms with Gasteiger partial charge in [-0.3, -0.25) is 4.90 Å². The summed E-state index contributed by atoms with van der Waals surface area (Å²) < 4.78 is 0. The molecule has 0 spiro atoms. The van der Waals surface area contributed by atoms with Gasteiger partial charge in [0.15, 0.2) is 0 Å². The Morgan fingerprint density at radius 1 is 1.22 bits per heavy atom. The van der Waals surface area contributed by atoms with Crippen LogP contribution in [-0.2, 0) is 0 Å². The molecule has 1 aliphatic carbocycles. The van der Waals surface area contributed by atoms with Crippen molar-refractivity contribution in [3.63, 3.8) is 0 Å². The molecule has 0 amide bonds. The number of rotatable bonds is 2. The summed E-state index contributed by atoms with van der Waals surface area (Å²) in [6.07, 6.45) is 1.94. The van der Waals surface area contributed by atoms with E-state index in [9.17, 15) is 15.8 Å². The standard InChI is InChI=1S/C21H20ClN5/c1-13(2)27-8-7-17-16(10-27)19(14-5-3-4-6-18(14)22)15(9-23)20(26)21(17,11-24)12-25/h3-7,13,16,19H,8,10,26H2,1-2H3/t16-,19-/m0/s1. The molecule has 2 atom stereocenters. The third kappa shape index (κ3) is 2.79. The molecule has 2 aliphatic rings. The molecule has 3 rings (SSSR count). The monoisotopic (exact) mass is 377 g/mol. The largest absolute Gasteiger partial charge is 0.399 e. The van der Waals surface area contributed by atoms with E-state index in [1.54, 1.807) is 6.07 Å². The zero-order valence-electron chi connectivity index (χ0n) is 15.3. The van der Waals surface area contributed by atoms with Gasteiger partial charge in [-0.25, -0.2) is 0 Å². The molecule has 6 heteroatoms. The Labute approximate surface area is 164 Å². The maximum Gasteiger partial charge on any atom is 0.204 e. The van der Waals surface area contributed by atoms with E-state index in [1.807, 2.05) is 24.3 Å². The summed E-state index contributed by atoms with van der Waals surface area (Å²) in [6.45, 7) is 5.47. The van der Waals surface area contributed by atoms with E-state index < -0.39 is 5.41 Å². The Bertz CT molecular complexity index is 940. The highest BCUT2D eigenvalue weighted by molar-refractivity contribution is 6.31. The second-order valence-electron chi connectivity index (χ2n) is 7.23. The van der Waals surface area contributed by atoms with Gasteiger partial charge in [0.25, 0.3) is 0 Å². The Hall–Kier alpha value is -2.78. The summed E-state index contributed by atoms with van der Waals surface area (Å²) in [5.41, 5.74) is 6.46. The first-order chi connectivity index (χ1) is 12.9. The van der Waals surface area contributed by atoms with E-state index in [4.69, 9.17) is 17.3 Å². The van der Waals surface area contributed by atoms with E-state index in [0.29, 0.717) is 29.7 Å². The average Bonchev–Trinajstić information content (AvgIpc) is 2.68. The predicted octanol–water partition coefficient (Wildman–Crippen LogP) is 3.47. The fourth-order valence-electron chi connectivity index (χ4n) is 4.16. The molecule has 136 valence electrons. The fraction of sp³-hybridized carbons (Fsp3) is 0.381. The van der Waals surface area contributed by atoms with Crippen LogP contribution >= 0.6 is 11.6 Å². The van der Waals surface area contributed by atoms with Crippen molar-refractivity contribution in [2.75, 3.05) is 13.1 Å². The van der Waals surface area contributed by atoms with E-state index >= 15 is 0 Å². The smallest absolute Gasteiger partial charge is 0.204 e. The fourth-order valence-corrected chi connectivity index (χ4v) is 4.41. The van der Waals surface area contributed by atoms with Crippen LogP contribution in [0.5, 0.6) is 0 Å². The molecule has 0 bridgehead atoms. The minimum absolute atomic E-state index is 0.0282. The molecule has 0 unspecified atom stereocenters. The van der Waals surface area contributed by atoms with Crippen molar-refractivity contribution in [1.29, 1.82) is 15.8 Å². The maximum absolute atomic E-state index is 9.89. The summed E-state index contributed by atoms with van der Waals surface area (Å²) in [5, 5.41) is 30.2. The van der Waals surface area contributed by atoms with E-state index in [0.717, 1.165) is 5.56 Å². The summed E-state index contributed by atoms with van der Waals surface area (Å²) in [4.78, 5) is 2.26. The van der Waals surface area contributed by atoms with E-state index in [2.05, 4.69) is 37.0 Å². The normalized spacial score (nSPS) is 24.4. The lowest BCUT2D eigenvalue weighted by molar-refractivity contribution is 0.186. The highest BCUT2D eigenvalue weighted by atomic mass is 35.5. The molecule has 1 aromatic carbocycles. The van der Waals surface area contributed by atoms with Crippen molar-refractivity contribution in [1.82, 2.24) is 4.90 Å². The Morgan fingerprint density at radius 3 is 2.44 bits per heavy atom. The molecule has 0 radical (unpaired) electrons. The van der Waals surface area contributed by atoms with Gasteiger partial charge in [-0.05, 0) is 31.1 Å². The summed E-state index contributed by atoms with van der Waals surface area (Å²) >= 11 is 6.46. The van der Waals surface area contributed by atoms with Crippen molar-refractivity contribution in [3.05, 3.63) is 57.8 Å². The second-order valence-corrected chi connectivity index (χ2v) is 7.63. The van der Waals surface area contributed by atoms with Crippen molar-refractivity contribution in [2.45, 2.75) is 25.8 Å². The lowest BCUT2D eigenvalue weighted by Gasteiger charge is -2.46. The van der Waals surface area contributed by atoms with Gasteiger partial charge in [0, 0.05) is 36.0 Å². The van der Waals surface area contributed by atoms with Crippen LogP contribution in [0.15, 0.2) is 47.2 Å². The highest BCUT2D eigenvalue weighted by Gasteiger charge is 2.52. The summed E-state index contributed by atoms with van der Waals surface area (Å²) in [7, 11) is 0. The number of hydrogen-bond acceptors (Lipinski definition) is 5. The van der Waals surface area contributed by atoms with Crippen LogP contribution in [0.25, 0.3) is 0 Å². The van der Waals surface area contributed by atoms with Gasteiger partial charge in [0.05, 0.1) is 29.5 Å². The lowest BCUT2D eigenvalue weighted by Crippen LogP contribution is -2.48. The third-order valence-electron chi connectivity index (χ3n) is 5.64. The van der Waals surface area contributed by atoms with Gasteiger partial charge in [-0.15, -0.1) is 0 Å². The van der Waals surface area contributed by atoms with Gasteiger partial charge in [-0.2, -0.15) is 15.8 Å². The highest BCUT2D eigenvalue weighted by Crippen LogP contribution is 2.53. The first kappa shape index (κ1) is 19.0. The van der Waals surface area contributed by atoms with Crippen molar-refractivity contribution < 1.29 is 0 Å². The van der Waals surface area contributed by atoms with E-state index in [1.165, 1.54) is 0 Å². The number of nitrogens with zero attached hydrogens (tertiary/aromatic N) is 4. The van der Waals surface area contributed by atoms with Gasteiger partial charge in [0.1, 0.15) is 0 Å². The number of allylic oxidation sites excluding steroid dienone is 2. The lowest BCUT2D eigenvalue weighted by atomic mass is 9.60. The Balaban J connectivity index is 2.31. The topological polar surface area (TPSA) is 101 Å². The number of hydrogen-bond donors (Lipinski definition) is 1. The minimum Gasteiger partial charge on any atom is -0.399 e. The number of benzene rings is 1. The maximum atomic E-state index is 9.89. The summed E-state index contributed by atoms with van der Waals surface area (Å²) in [5.74, 6) is -0.603. The van der Waals surface area contributed by atoms with Gasteiger partial charge >= 0.3 is 0 Å².